The molecular formula is C14H21NO2. The maximum absolute atomic E-state index is 12.1. The summed E-state index contributed by atoms with van der Waals surface area (Å²) in [4.78, 5) is 13.9. The summed E-state index contributed by atoms with van der Waals surface area (Å²) in [7, 11) is 1.80. The van der Waals surface area contributed by atoms with Crippen molar-refractivity contribution in [3.63, 3.8) is 0 Å². The molecule has 0 saturated carbocycles. The highest BCUT2D eigenvalue weighted by Gasteiger charge is 2.18. The Morgan fingerprint density at radius 3 is 2.53 bits per heavy atom. The number of rotatable bonds is 4. The molecule has 0 heterocycles. The molecule has 0 aliphatic rings. The van der Waals surface area contributed by atoms with E-state index in [0.717, 1.165) is 6.42 Å². The van der Waals surface area contributed by atoms with E-state index >= 15 is 0 Å². The van der Waals surface area contributed by atoms with Crippen molar-refractivity contribution < 1.29 is 9.90 Å². The summed E-state index contributed by atoms with van der Waals surface area (Å²) in [5, 5.41) is 9.36. The van der Waals surface area contributed by atoms with Crippen LogP contribution in [0.5, 0.6) is 5.75 Å². The minimum absolute atomic E-state index is 0.0472. The van der Waals surface area contributed by atoms with Gasteiger partial charge in [-0.25, -0.2) is 0 Å². The third kappa shape index (κ3) is 3.77. The van der Waals surface area contributed by atoms with E-state index in [4.69, 9.17) is 0 Å². The van der Waals surface area contributed by atoms with Gasteiger partial charge in [0.15, 0.2) is 0 Å². The number of aromatic hydroxyl groups is 1. The quantitative estimate of drug-likeness (QED) is 0.871. The lowest BCUT2D eigenvalue weighted by Crippen LogP contribution is -2.35. The second kappa shape index (κ2) is 5.71. The van der Waals surface area contributed by atoms with E-state index in [1.807, 2.05) is 6.92 Å². The van der Waals surface area contributed by atoms with Crippen LogP contribution in [0.25, 0.3) is 0 Å². The van der Waals surface area contributed by atoms with Gasteiger partial charge in [0, 0.05) is 18.7 Å². The third-order valence-corrected chi connectivity index (χ3v) is 2.89. The van der Waals surface area contributed by atoms with Gasteiger partial charge < -0.3 is 10.0 Å². The molecule has 94 valence electrons. The van der Waals surface area contributed by atoms with E-state index in [0.29, 0.717) is 11.5 Å². The van der Waals surface area contributed by atoms with Gasteiger partial charge in [-0.1, -0.05) is 19.9 Å². The minimum Gasteiger partial charge on any atom is -0.508 e. The molecule has 1 amide bonds. The Bertz CT molecular complexity index is 388. The largest absolute Gasteiger partial charge is 0.508 e. The van der Waals surface area contributed by atoms with Gasteiger partial charge in [0.25, 0.3) is 5.91 Å². The SMILES string of the molecule is CC(C)CC(C)N(C)C(=O)c1cccc(O)c1. The van der Waals surface area contributed by atoms with Crippen molar-refractivity contribution in [3.8, 4) is 5.75 Å². The standard InChI is InChI=1S/C14H21NO2/c1-10(2)8-11(3)15(4)14(17)12-6-5-7-13(16)9-12/h5-7,9-11,16H,8H2,1-4H3. The molecule has 0 spiro atoms. The highest BCUT2D eigenvalue weighted by Crippen LogP contribution is 2.16. The molecule has 0 bridgehead atoms. The Hall–Kier alpha value is -1.51. The Morgan fingerprint density at radius 1 is 1.35 bits per heavy atom. The molecule has 0 radical (unpaired) electrons. The first-order valence-electron chi connectivity index (χ1n) is 5.98. The third-order valence-electron chi connectivity index (χ3n) is 2.89. The molecule has 0 aliphatic heterocycles. The molecule has 1 unspecified atom stereocenters. The number of amides is 1. The molecule has 1 aromatic rings. The van der Waals surface area contributed by atoms with E-state index < -0.39 is 0 Å². The number of nitrogens with zero attached hydrogens (tertiary/aromatic N) is 1. The predicted octanol–water partition coefficient (Wildman–Crippen LogP) is 2.90. The lowest BCUT2D eigenvalue weighted by molar-refractivity contribution is 0.0728. The highest BCUT2D eigenvalue weighted by molar-refractivity contribution is 5.94. The van der Waals surface area contributed by atoms with Crippen LogP contribution in [0.3, 0.4) is 0 Å². The minimum atomic E-state index is -0.0472. The number of benzene rings is 1. The van der Waals surface area contributed by atoms with Crippen LogP contribution in [-0.2, 0) is 0 Å². The van der Waals surface area contributed by atoms with Crippen LogP contribution in [-0.4, -0.2) is 29.0 Å². The van der Waals surface area contributed by atoms with Gasteiger partial charge >= 0.3 is 0 Å². The average Bonchev–Trinajstić information content (AvgIpc) is 2.26. The molecule has 1 rings (SSSR count). The Balaban J connectivity index is 2.76. The van der Waals surface area contributed by atoms with E-state index in [9.17, 15) is 9.90 Å². The molecule has 3 heteroatoms. The van der Waals surface area contributed by atoms with Crippen molar-refractivity contribution in [1.82, 2.24) is 4.90 Å². The van der Waals surface area contributed by atoms with Crippen LogP contribution in [0.4, 0.5) is 0 Å². The van der Waals surface area contributed by atoms with Crippen molar-refractivity contribution in [2.24, 2.45) is 5.92 Å². The summed E-state index contributed by atoms with van der Waals surface area (Å²) in [6.07, 6.45) is 0.973. The maximum atomic E-state index is 12.1. The normalized spacial score (nSPS) is 12.5. The zero-order valence-electron chi connectivity index (χ0n) is 11.0. The van der Waals surface area contributed by atoms with Gasteiger partial charge in [0.05, 0.1) is 0 Å². The van der Waals surface area contributed by atoms with Gasteiger partial charge in [-0.05, 0) is 37.5 Å². The number of hydrogen-bond acceptors (Lipinski definition) is 2. The van der Waals surface area contributed by atoms with Gasteiger partial charge in [0.2, 0.25) is 0 Å². The van der Waals surface area contributed by atoms with E-state index in [2.05, 4.69) is 13.8 Å². The van der Waals surface area contributed by atoms with Crippen molar-refractivity contribution in [1.29, 1.82) is 0 Å². The summed E-state index contributed by atoms with van der Waals surface area (Å²) < 4.78 is 0. The number of phenols is 1. The molecule has 1 atom stereocenters. The summed E-state index contributed by atoms with van der Waals surface area (Å²) >= 11 is 0. The molecule has 0 fully saturated rings. The van der Waals surface area contributed by atoms with Crippen molar-refractivity contribution in [2.45, 2.75) is 33.2 Å². The van der Waals surface area contributed by atoms with Gasteiger partial charge in [-0.2, -0.15) is 0 Å². The lowest BCUT2D eigenvalue weighted by Gasteiger charge is -2.26. The maximum Gasteiger partial charge on any atom is 0.253 e. The Labute approximate surface area is 103 Å². The zero-order valence-corrected chi connectivity index (χ0v) is 11.0. The van der Waals surface area contributed by atoms with E-state index in [1.165, 1.54) is 6.07 Å². The molecule has 17 heavy (non-hydrogen) atoms. The van der Waals surface area contributed by atoms with Crippen molar-refractivity contribution >= 4 is 5.91 Å². The van der Waals surface area contributed by atoms with Crippen molar-refractivity contribution in [2.75, 3.05) is 7.05 Å². The van der Waals surface area contributed by atoms with Gasteiger partial charge in [0.1, 0.15) is 5.75 Å². The molecule has 3 nitrogen and oxygen atoms in total. The smallest absolute Gasteiger partial charge is 0.253 e. The van der Waals surface area contributed by atoms with Crippen LogP contribution in [0.15, 0.2) is 24.3 Å². The topological polar surface area (TPSA) is 40.5 Å². The Kier molecular flexibility index (Phi) is 4.55. The summed E-state index contributed by atoms with van der Waals surface area (Å²) in [5.41, 5.74) is 0.531. The fourth-order valence-electron chi connectivity index (χ4n) is 1.88. The van der Waals surface area contributed by atoms with Crippen molar-refractivity contribution in [3.05, 3.63) is 29.8 Å². The fourth-order valence-corrected chi connectivity index (χ4v) is 1.88. The number of carbonyl (C=O) groups is 1. The predicted molar refractivity (Wildman–Crippen MR) is 69.1 cm³/mol. The first-order valence-corrected chi connectivity index (χ1v) is 5.98. The monoisotopic (exact) mass is 235 g/mol. The van der Waals surface area contributed by atoms with Crippen LogP contribution in [0.2, 0.25) is 0 Å². The molecule has 0 saturated heterocycles. The number of phenolic OH excluding ortho intramolecular Hbond substituents is 1. The first kappa shape index (κ1) is 13.6. The second-order valence-electron chi connectivity index (χ2n) is 4.94. The zero-order chi connectivity index (χ0) is 13.0. The molecule has 0 aromatic heterocycles. The van der Waals surface area contributed by atoms with Crippen LogP contribution < -0.4 is 0 Å². The lowest BCUT2D eigenvalue weighted by atomic mass is 10.0. The fraction of sp³-hybridized carbons (Fsp3) is 0.500. The molecule has 1 aromatic carbocycles. The summed E-state index contributed by atoms with van der Waals surface area (Å²) in [5.74, 6) is 0.638. The van der Waals surface area contributed by atoms with E-state index in [-0.39, 0.29) is 17.7 Å². The molecule has 0 aliphatic carbocycles. The number of hydrogen-bond donors (Lipinski definition) is 1. The first-order chi connectivity index (χ1) is 7.91. The average molecular weight is 235 g/mol. The van der Waals surface area contributed by atoms with Crippen LogP contribution >= 0.6 is 0 Å². The summed E-state index contributed by atoms with van der Waals surface area (Å²) in [6, 6.07) is 6.67. The summed E-state index contributed by atoms with van der Waals surface area (Å²) in [6.45, 7) is 6.33. The molecule has 1 N–H and O–H groups in total. The second-order valence-corrected chi connectivity index (χ2v) is 4.94. The van der Waals surface area contributed by atoms with Crippen LogP contribution in [0, 0.1) is 5.92 Å². The van der Waals surface area contributed by atoms with E-state index in [1.54, 1.807) is 30.1 Å². The van der Waals surface area contributed by atoms with Gasteiger partial charge in [-0.3, -0.25) is 4.79 Å². The molecular weight excluding hydrogens is 214 g/mol. The Morgan fingerprint density at radius 2 is 2.00 bits per heavy atom. The number of carbonyl (C=O) groups excluding carboxylic acids is 1. The van der Waals surface area contributed by atoms with Crippen LogP contribution in [0.1, 0.15) is 37.6 Å². The highest BCUT2D eigenvalue weighted by atomic mass is 16.3. The van der Waals surface area contributed by atoms with Gasteiger partial charge in [-0.15, -0.1) is 0 Å².